The molecule has 6 aliphatic heterocycles. The van der Waals surface area contributed by atoms with E-state index in [1.807, 2.05) is 39.8 Å². The quantitative estimate of drug-likeness (QED) is 0.0240. The zero-order valence-electron chi connectivity index (χ0n) is 55.4. The highest BCUT2D eigenvalue weighted by molar-refractivity contribution is 6.26. The first-order chi connectivity index (χ1) is 43.9. The molecule has 1 saturated carbocycles. The standard InChI is InChI=1S/C67H96N2O24/c1-30-14-18-47(88-54-28-65(11,69(79)80)60(38(9)86-54)68-64(78)81-13)31(2)23-43-45(73)24-40(29-70)27-67(43)62(76)55(63(77)93-67)61(75)66(12)42(30)16-15-41-56(66)32(3)22-33(4)57(41)92-53-26-49(59(37(8)85-53)87-39(10)71)90-50-21-19-48(35(6)83-50)89-52-25-46(74)58(36(7)84-52)91-51-20-17-44(72)34(5)82-51/h14-16,23-24,29,32-38,41-54,56-60,72-75H,17-22,25-28H2,1-13H3,(H,68,78)/b30-14+,31-23+,61-55?/t32-,33-,34-,35-,36-,37-,38+,41-,42-,43-,44+,45+,46+,47-,48?,49+,50-,51-,52-,53-,54-,56+,57-,58?,59-,60-,65-,66+,67?/m0/s1. The van der Waals surface area contributed by atoms with E-state index in [0.717, 1.165) is 7.11 Å². The van der Waals surface area contributed by atoms with Crippen molar-refractivity contribution in [3.63, 3.8) is 0 Å². The number of hydrogen-bond donors (Lipinski definition) is 5. The minimum atomic E-state index is -2.20. The monoisotopic (exact) mass is 1310 g/mol. The number of nitrogens with one attached hydrogen (secondary N) is 1. The first-order valence-corrected chi connectivity index (χ1v) is 33.1. The van der Waals surface area contributed by atoms with Gasteiger partial charge < -0.3 is 87.3 Å². The number of ketones is 1. The fourth-order valence-electron chi connectivity index (χ4n) is 16.9. The van der Waals surface area contributed by atoms with Gasteiger partial charge in [-0.3, -0.25) is 24.5 Å². The second-order valence-electron chi connectivity index (χ2n) is 28.2. The Morgan fingerprint density at radius 2 is 1.35 bits per heavy atom. The highest BCUT2D eigenvalue weighted by Crippen LogP contribution is 2.61. The molecular formula is C67H96N2O24. The van der Waals surface area contributed by atoms with Gasteiger partial charge >= 0.3 is 18.0 Å². The largest absolute Gasteiger partial charge is 0.511 e. The number of aliphatic hydroxyl groups excluding tert-OH is 4. The number of hydrogen-bond acceptors (Lipinski definition) is 24. The molecule has 29 atom stereocenters. The number of carbonyl (C=O) groups excluding carboxylic acids is 5. The van der Waals surface area contributed by atoms with Crippen molar-refractivity contribution in [1.82, 2.24) is 5.32 Å². The molecule has 26 heteroatoms. The maximum Gasteiger partial charge on any atom is 0.407 e. The van der Waals surface area contributed by atoms with Gasteiger partial charge in [0.05, 0.1) is 86.6 Å². The number of aliphatic hydroxyl groups is 4. The Morgan fingerprint density at radius 1 is 0.720 bits per heavy atom. The summed E-state index contributed by atoms with van der Waals surface area (Å²) in [5.41, 5.74) is -4.91. The number of nitro groups is 1. The second kappa shape index (κ2) is 28.2. The van der Waals surface area contributed by atoms with Crippen molar-refractivity contribution in [2.45, 2.75) is 281 Å². The van der Waals surface area contributed by atoms with Crippen molar-refractivity contribution in [3.8, 4) is 0 Å². The molecule has 1 spiro atoms. The molecule has 5 N–H and O–H groups in total. The number of amides is 1. The van der Waals surface area contributed by atoms with E-state index in [2.05, 4.69) is 25.2 Å². The molecule has 6 heterocycles. The van der Waals surface area contributed by atoms with Gasteiger partial charge in [-0.25, -0.2) is 9.59 Å². The van der Waals surface area contributed by atoms with Crippen LogP contribution in [0.5, 0.6) is 0 Å². The van der Waals surface area contributed by atoms with Crippen molar-refractivity contribution in [1.29, 1.82) is 0 Å². The SMILES string of the molecule is COC(=O)N[C@H]1[C@@H](C)O[C@@H](O[C@H]2C/C=C(\C)[C@@H]3C=C[C@@H]4[C@@H](O[C@H]5C[C@@H](O[C@H]6CCC(O[C@H]7C[C@@H](O)C(O[C@H]8CC[C@@H](O)[C@H](C)O8)[C@H](C)O7)[C@H](C)O6)[C@@H](OC(C)=O)[C@H](C)O5)[C@@H](C)C[C@H](C)[C@H]4[C@]3(C)C(O)=C3C(=O)OC4(CC(C=O)=C[C@@H](O)[C@@H]4/C=C/2C)C3=O)C[C@]1(C)[N+](=O)[O-]. The molecule has 4 aliphatic carbocycles. The highest BCUT2D eigenvalue weighted by atomic mass is 16.8. The smallest absolute Gasteiger partial charge is 0.407 e. The van der Waals surface area contributed by atoms with E-state index in [1.54, 1.807) is 33.8 Å². The van der Waals surface area contributed by atoms with Crippen molar-refractivity contribution >= 4 is 30.1 Å². The molecule has 518 valence electrons. The maximum atomic E-state index is 15.6. The van der Waals surface area contributed by atoms with Crippen LogP contribution in [0.4, 0.5) is 4.79 Å². The molecule has 7 fully saturated rings. The Kier molecular flexibility index (Phi) is 21.4. The Balaban J connectivity index is 0.904. The number of esters is 2. The summed E-state index contributed by atoms with van der Waals surface area (Å²) >= 11 is 0. The zero-order valence-corrected chi connectivity index (χ0v) is 55.4. The Bertz CT molecular complexity index is 2960. The molecule has 0 radical (unpaired) electrons. The molecule has 0 aromatic carbocycles. The van der Waals surface area contributed by atoms with Crippen LogP contribution < -0.4 is 5.32 Å². The third-order valence-corrected chi connectivity index (χ3v) is 21.7. The first kappa shape index (κ1) is 70.7. The van der Waals surface area contributed by atoms with E-state index >= 15 is 4.79 Å². The minimum Gasteiger partial charge on any atom is -0.511 e. The van der Waals surface area contributed by atoms with Gasteiger partial charge in [0.2, 0.25) is 11.3 Å². The van der Waals surface area contributed by atoms with Gasteiger partial charge in [0.25, 0.3) is 0 Å². The first-order valence-electron chi connectivity index (χ1n) is 33.1. The van der Waals surface area contributed by atoms with E-state index in [9.17, 15) is 49.7 Å². The van der Waals surface area contributed by atoms with Gasteiger partial charge in [-0.15, -0.1) is 0 Å². The maximum absolute atomic E-state index is 15.6. The summed E-state index contributed by atoms with van der Waals surface area (Å²) in [4.78, 5) is 80.4. The number of fused-ring (bicyclic) bond motifs is 4. The molecule has 6 saturated heterocycles. The predicted molar refractivity (Wildman–Crippen MR) is 325 cm³/mol. The summed E-state index contributed by atoms with van der Waals surface area (Å²) < 4.78 is 81.5. The number of methoxy groups -OCH3 is 1. The average Bonchev–Trinajstić information content (AvgIpc) is 1.68. The lowest BCUT2D eigenvalue weighted by Gasteiger charge is -2.56. The average molecular weight is 1310 g/mol. The van der Waals surface area contributed by atoms with Crippen molar-refractivity contribution in [2.75, 3.05) is 7.11 Å². The summed E-state index contributed by atoms with van der Waals surface area (Å²) in [7, 11) is 1.15. The number of nitrogens with zero attached hydrogens (tertiary/aromatic N) is 1. The van der Waals surface area contributed by atoms with Gasteiger partial charge in [0.1, 0.15) is 35.9 Å². The van der Waals surface area contributed by atoms with E-state index in [1.165, 1.54) is 19.9 Å². The fourth-order valence-corrected chi connectivity index (χ4v) is 16.9. The number of carbonyl (C=O) groups is 5. The second-order valence-corrected chi connectivity index (χ2v) is 28.2. The molecule has 10 rings (SSSR count). The van der Waals surface area contributed by atoms with Crippen molar-refractivity contribution in [3.05, 3.63) is 68.5 Å². The van der Waals surface area contributed by atoms with Crippen LogP contribution in [0.1, 0.15) is 147 Å². The lowest BCUT2D eigenvalue weighted by atomic mass is 9.49. The molecular weight excluding hydrogens is 1220 g/mol. The molecule has 26 nitrogen and oxygen atoms in total. The molecule has 0 aromatic rings. The third kappa shape index (κ3) is 14.0. The number of alkyl carbamates (subject to hydrolysis) is 1. The molecule has 0 aromatic heterocycles. The van der Waals surface area contributed by atoms with Crippen LogP contribution in [0.2, 0.25) is 0 Å². The van der Waals surface area contributed by atoms with Crippen molar-refractivity contribution < 1.29 is 111 Å². The lowest BCUT2D eigenvalue weighted by Crippen LogP contribution is -2.65. The van der Waals surface area contributed by atoms with Gasteiger partial charge in [0, 0.05) is 68.1 Å². The van der Waals surface area contributed by atoms with Crippen LogP contribution in [-0.4, -0.2) is 197 Å². The molecule has 93 heavy (non-hydrogen) atoms. The van der Waals surface area contributed by atoms with Gasteiger partial charge in [-0.1, -0.05) is 50.6 Å². The van der Waals surface area contributed by atoms with Crippen LogP contribution >= 0.6 is 0 Å². The Hall–Kier alpha value is -5.07. The van der Waals surface area contributed by atoms with Crippen LogP contribution in [0.25, 0.3) is 0 Å². The molecule has 10 aliphatic rings. The third-order valence-electron chi connectivity index (χ3n) is 21.7. The summed E-state index contributed by atoms with van der Waals surface area (Å²) in [6.45, 7) is 21.0. The van der Waals surface area contributed by atoms with Crippen LogP contribution in [-0.2, 0) is 80.8 Å². The van der Waals surface area contributed by atoms with E-state index in [4.69, 9.17) is 61.6 Å². The Labute approximate surface area is 542 Å². The van der Waals surface area contributed by atoms with E-state index in [-0.39, 0.29) is 43.1 Å². The van der Waals surface area contributed by atoms with Gasteiger partial charge in [-0.05, 0) is 109 Å². The summed E-state index contributed by atoms with van der Waals surface area (Å²) in [5, 5.41) is 62.0. The molecule has 2 bridgehead atoms. The number of aldehydes is 1. The van der Waals surface area contributed by atoms with Crippen LogP contribution in [0.15, 0.2) is 58.4 Å². The predicted octanol–water partition coefficient (Wildman–Crippen LogP) is 6.36. The fraction of sp³-hybridized carbons (Fsp3) is 0.776. The normalized spacial score (nSPS) is 47.4. The summed E-state index contributed by atoms with van der Waals surface area (Å²) in [6, 6.07) is -1.12. The topological polar surface area (TPSA) is 341 Å². The van der Waals surface area contributed by atoms with Gasteiger partial charge in [0.15, 0.2) is 43.2 Å². The van der Waals surface area contributed by atoms with Gasteiger partial charge in [-0.2, -0.15) is 0 Å². The number of Topliss-reactive ketones (excluding diaryl/α,β-unsaturated/α-hetero) is 1. The van der Waals surface area contributed by atoms with Crippen LogP contribution in [0, 0.1) is 51.0 Å². The molecule has 1 amide bonds. The van der Waals surface area contributed by atoms with E-state index < -0.39 is 210 Å². The van der Waals surface area contributed by atoms with Crippen LogP contribution in [0.3, 0.4) is 0 Å². The lowest BCUT2D eigenvalue weighted by molar-refractivity contribution is -0.584. The summed E-state index contributed by atoms with van der Waals surface area (Å²) in [6.07, 6.45) is -4.21. The zero-order chi connectivity index (χ0) is 67.5. The number of rotatable bonds is 14. The molecule has 3 unspecified atom stereocenters. The number of allylic oxidation sites excluding steroid dienone is 3. The number of ether oxygens (including phenoxy) is 13. The Morgan fingerprint density at radius 3 is 2.01 bits per heavy atom. The summed E-state index contributed by atoms with van der Waals surface area (Å²) in [5.74, 6) is -6.46. The van der Waals surface area contributed by atoms with Crippen molar-refractivity contribution in [2.24, 2.45) is 40.9 Å². The minimum absolute atomic E-state index is 0.00196. The van der Waals surface area contributed by atoms with E-state index in [0.29, 0.717) is 49.5 Å². The highest BCUT2D eigenvalue weighted by Gasteiger charge is 2.65.